The smallest absolute Gasteiger partial charge is 0.234 e. The fraction of sp³-hybridized carbons (Fsp3) is 0.588. The zero-order valence-electron chi connectivity index (χ0n) is 13.2. The molecule has 1 heterocycles. The van der Waals surface area contributed by atoms with Gasteiger partial charge in [0.05, 0.1) is 6.54 Å². The van der Waals surface area contributed by atoms with Gasteiger partial charge < -0.3 is 10.1 Å². The standard InChI is InChI=1S/C17H25FN2O2/c1-22-11-9-15-7-4-5-10-20(15)13-17(21)19-12-14-6-2-3-8-16(14)18/h2-3,6,8,15H,4-5,7,9-13H2,1H3,(H,19,21)/t15-/m1/s1. The molecule has 1 fully saturated rings. The molecule has 1 atom stereocenters. The van der Waals surface area contributed by atoms with Crippen LogP contribution in [0.1, 0.15) is 31.2 Å². The molecule has 0 unspecified atom stereocenters. The van der Waals surface area contributed by atoms with E-state index in [0.717, 1.165) is 32.4 Å². The summed E-state index contributed by atoms with van der Waals surface area (Å²) in [5, 5.41) is 2.81. The van der Waals surface area contributed by atoms with Gasteiger partial charge in [0, 0.05) is 31.9 Å². The molecule has 0 aliphatic carbocycles. The Labute approximate surface area is 131 Å². The van der Waals surface area contributed by atoms with Crippen molar-refractivity contribution in [3.63, 3.8) is 0 Å². The molecule has 1 aromatic carbocycles. The van der Waals surface area contributed by atoms with Crippen LogP contribution in [0.15, 0.2) is 24.3 Å². The van der Waals surface area contributed by atoms with Crippen molar-refractivity contribution in [3.05, 3.63) is 35.6 Å². The van der Waals surface area contributed by atoms with Gasteiger partial charge in [0.2, 0.25) is 5.91 Å². The summed E-state index contributed by atoms with van der Waals surface area (Å²) in [4.78, 5) is 14.3. The molecule has 122 valence electrons. The molecule has 1 aliphatic heterocycles. The predicted octanol–water partition coefficient (Wildman–Crippen LogP) is 2.33. The molecule has 5 heteroatoms. The van der Waals surface area contributed by atoms with Gasteiger partial charge in [-0.05, 0) is 31.9 Å². The Kier molecular flexibility index (Phi) is 6.80. The van der Waals surface area contributed by atoms with Crippen LogP contribution in [0.3, 0.4) is 0 Å². The van der Waals surface area contributed by atoms with Gasteiger partial charge in [-0.3, -0.25) is 9.69 Å². The van der Waals surface area contributed by atoms with Gasteiger partial charge in [-0.2, -0.15) is 0 Å². The van der Waals surface area contributed by atoms with Crippen molar-refractivity contribution >= 4 is 5.91 Å². The lowest BCUT2D eigenvalue weighted by molar-refractivity contribution is -0.123. The summed E-state index contributed by atoms with van der Waals surface area (Å²) in [6.45, 7) is 2.28. The van der Waals surface area contributed by atoms with E-state index in [0.29, 0.717) is 18.2 Å². The Morgan fingerprint density at radius 3 is 3.00 bits per heavy atom. The van der Waals surface area contributed by atoms with Crippen molar-refractivity contribution in [3.8, 4) is 0 Å². The molecule has 2 rings (SSSR count). The Balaban J connectivity index is 1.81. The molecule has 1 saturated heterocycles. The topological polar surface area (TPSA) is 41.6 Å². The molecule has 0 saturated carbocycles. The lowest BCUT2D eigenvalue weighted by Crippen LogP contribution is -2.45. The van der Waals surface area contributed by atoms with Crippen LogP contribution in [0, 0.1) is 5.82 Å². The molecule has 1 amide bonds. The zero-order chi connectivity index (χ0) is 15.8. The van der Waals surface area contributed by atoms with Crippen LogP contribution < -0.4 is 5.32 Å². The Hall–Kier alpha value is -1.46. The van der Waals surface area contributed by atoms with Crippen LogP contribution in [-0.2, 0) is 16.1 Å². The summed E-state index contributed by atoms with van der Waals surface area (Å²) >= 11 is 0. The highest BCUT2D eigenvalue weighted by atomic mass is 19.1. The number of rotatable bonds is 7. The van der Waals surface area contributed by atoms with Crippen LogP contribution in [-0.4, -0.2) is 43.7 Å². The van der Waals surface area contributed by atoms with Gasteiger partial charge in [0.15, 0.2) is 0 Å². The number of hydrogen-bond acceptors (Lipinski definition) is 3. The van der Waals surface area contributed by atoms with Gasteiger partial charge in [-0.25, -0.2) is 4.39 Å². The van der Waals surface area contributed by atoms with Crippen LogP contribution in [0.4, 0.5) is 4.39 Å². The van der Waals surface area contributed by atoms with Crippen molar-refractivity contribution in [2.75, 3.05) is 26.8 Å². The monoisotopic (exact) mass is 308 g/mol. The van der Waals surface area contributed by atoms with E-state index in [9.17, 15) is 9.18 Å². The average Bonchev–Trinajstić information content (AvgIpc) is 2.53. The Morgan fingerprint density at radius 2 is 2.23 bits per heavy atom. The van der Waals surface area contributed by atoms with Crippen LogP contribution in [0.2, 0.25) is 0 Å². The van der Waals surface area contributed by atoms with E-state index in [1.54, 1.807) is 25.3 Å². The first-order valence-electron chi connectivity index (χ1n) is 7.94. The second-order valence-electron chi connectivity index (χ2n) is 5.77. The van der Waals surface area contributed by atoms with Crippen molar-refractivity contribution in [1.29, 1.82) is 0 Å². The number of halogens is 1. The highest BCUT2D eigenvalue weighted by Crippen LogP contribution is 2.19. The Morgan fingerprint density at radius 1 is 1.41 bits per heavy atom. The molecule has 0 aromatic heterocycles. The number of piperidine rings is 1. The average molecular weight is 308 g/mol. The number of nitrogens with one attached hydrogen (secondary N) is 1. The fourth-order valence-corrected chi connectivity index (χ4v) is 2.92. The Bertz CT molecular complexity index is 481. The predicted molar refractivity (Wildman–Crippen MR) is 84.0 cm³/mol. The summed E-state index contributed by atoms with van der Waals surface area (Å²) in [6, 6.07) is 6.93. The SMILES string of the molecule is COCC[C@H]1CCCCN1CC(=O)NCc1ccccc1F. The molecule has 0 radical (unpaired) electrons. The van der Waals surface area contributed by atoms with Gasteiger partial charge in [-0.1, -0.05) is 24.6 Å². The van der Waals surface area contributed by atoms with Crippen molar-refractivity contribution in [1.82, 2.24) is 10.2 Å². The second kappa shape index (κ2) is 8.86. The summed E-state index contributed by atoms with van der Waals surface area (Å²) in [5.41, 5.74) is 0.519. The van der Waals surface area contributed by atoms with E-state index in [-0.39, 0.29) is 18.3 Å². The summed E-state index contributed by atoms with van der Waals surface area (Å²) in [7, 11) is 1.70. The van der Waals surface area contributed by atoms with Gasteiger partial charge in [0.25, 0.3) is 0 Å². The van der Waals surface area contributed by atoms with Crippen LogP contribution in [0.25, 0.3) is 0 Å². The van der Waals surface area contributed by atoms with Crippen LogP contribution >= 0.6 is 0 Å². The second-order valence-corrected chi connectivity index (χ2v) is 5.77. The summed E-state index contributed by atoms with van der Waals surface area (Å²) in [6.07, 6.45) is 4.41. The zero-order valence-corrected chi connectivity index (χ0v) is 13.2. The molecular formula is C17H25FN2O2. The summed E-state index contributed by atoms with van der Waals surface area (Å²) in [5.74, 6) is -0.327. The third-order valence-corrected chi connectivity index (χ3v) is 4.18. The maximum atomic E-state index is 13.5. The molecule has 22 heavy (non-hydrogen) atoms. The molecule has 1 aromatic rings. The molecule has 1 aliphatic rings. The van der Waals surface area contributed by atoms with Crippen molar-refractivity contribution < 1.29 is 13.9 Å². The normalized spacial score (nSPS) is 19.1. The van der Waals surface area contributed by atoms with Crippen LogP contribution in [0.5, 0.6) is 0 Å². The number of methoxy groups -OCH3 is 1. The number of benzene rings is 1. The molecule has 4 nitrogen and oxygen atoms in total. The van der Waals surface area contributed by atoms with E-state index in [2.05, 4.69) is 10.2 Å². The van der Waals surface area contributed by atoms with Gasteiger partial charge in [0.1, 0.15) is 5.82 Å². The first kappa shape index (κ1) is 16.9. The first-order chi connectivity index (χ1) is 10.7. The molecule has 1 N–H and O–H groups in total. The van der Waals surface area contributed by atoms with E-state index in [4.69, 9.17) is 4.74 Å². The number of hydrogen-bond donors (Lipinski definition) is 1. The lowest BCUT2D eigenvalue weighted by atomic mass is 9.99. The molecular weight excluding hydrogens is 283 g/mol. The van der Waals surface area contributed by atoms with E-state index in [1.807, 2.05) is 0 Å². The minimum Gasteiger partial charge on any atom is -0.385 e. The van der Waals surface area contributed by atoms with E-state index < -0.39 is 0 Å². The minimum absolute atomic E-state index is 0.0485. The molecule has 0 spiro atoms. The van der Waals surface area contributed by atoms with Crippen molar-refractivity contribution in [2.45, 2.75) is 38.3 Å². The number of carbonyl (C=O) groups excluding carboxylic acids is 1. The third-order valence-electron chi connectivity index (χ3n) is 4.18. The number of ether oxygens (including phenoxy) is 1. The number of amides is 1. The highest BCUT2D eigenvalue weighted by Gasteiger charge is 2.23. The quantitative estimate of drug-likeness (QED) is 0.840. The minimum atomic E-state index is -0.279. The third kappa shape index (κ3) is 5.07. The first-order valence-corrected chi connectivity index (χ1v) is 7.94. The number of nitrogens with zero attached hydrogens (tertiary/aromatic N) is 1. The maximum Gasteiger partial charge on any atom is 0.234 e. The lowest BCUT2D eigenvalue weighted by Gasteiger charge is -2.35. The largest absolute Gasteiger partial charge is 0.385 e. The van der Waals surface area contributed by atoms with E-state index in [1.165, 1.54) is 12.5 Å². The highest BCUT2D eigenvalue weighted by molar-refractivity contribution is 5.78. The number of carbonyl (C=O) groups is 1. The number of likely N-dealkylation sites (tertiary alicyclic amines) is 1. The molecule has 0 bridgehead atoms. The van der Waals surface area contributed by atoms with Gasteiger partial charge >= 0.3 is 0 Å². The maximum absolute atomic E-state index is 13.5. The van der Waals surface area contributed by atoms with E-state index >= 15 is 0 Å². The summed E-state index contributed by atoms with van der Waals surface area (Å²) < 4.78 is 18.7. The fourth-order valence-electron chi connectivity index (χ4n) is 2.92. The van der Waals surface area contributed by atoms with Gasteiger partial charge in [-0.15, -0.1) is 0 Å². The van der Waals surface area contributed by atoms with Crippen molar-refractivity contribution in [2.24, 2.45) is 0 Å².